The number of rotatable bonds is 11. The largest absolute Gasteiger partial charge is 0.368 e. The summed E-state index contributed by atoms with van der Waals surface area (Å²) in [5.41, 5.74) is 7.75. The van der Waals surface area contributed by atoms with E-state index in [0.29, 0.717) is 16.7 Å². The summed E-state index contributed by atoms with van der Waals surface area (Å²) in [5, 5.41) is 11.5. The third-order valence-electron chi connectivity index (χ3n) is 4.42. The van der Waals surface area contributed by atoms with Gasteiger partial charge in [-0.15, -0.1) is 0 Å². The van der Waals surface area contributed by atoms with Crippen molar-refractivity contribution in [3.05, 3.63) is 70.8 Å². The minimum absolute atomic E-state index is 0.0964. The molecule has 0 spiro atoms. The fourth-order valence-electron chi connectivity index (χ4n) is 2.92. The fraction of sp³-hybridized carbons (Fsp3) is 0.318. The molecule has 0 bridgehead atoms. The van der Waals surface area contributed by atoms with Gasteiger partial charge in [0.25, 0.3) is 5.91 Å². The smallest absolute Gasteiger partial charge is 0.335 e. The van der Waals surface area contributed by atoms with E-state index in [1.165, 1.54) is 0 Å². The Bertz CT molecular complexity index is 974. The number of nitrogens with two attached hydrogens (primary N) is 1. The molecule has 0 aliphatic carbocycles. The van der Waals surface area contributed by atoms with E-state index in [2.05, 4.69) is 5.32 Å². The van der Waals surface area contributed by atoms with E-state index in [9.17, 15) is 14.2 Å². The zero-order valence-electron chi connectivity index (χ0n) is 17.5. The number of carbonyl (C=O) groups is 2. The number of nitriles is 1. The van der Waals surface area contributed by atoms with Gasteiger partial charge in [-0.05, 0) is 49.2 Å². The highest BCUT2D eigenvalue weighted by Crippen LogP contribution is 2.51. The summed E-state index contributed by atoms with van der Waals surface area (Å²) in [7, 11) is -3.24. The van der Waals surface area contributed by atoms with E-state index in [-0.39, 0.29) is 25.8 Å². The summed E-state index contributed by atoms with van der Waals surface area (Å²) in [6.45, 7) is 4.02. The lowest BCUT2D eigenvalue weighted by molar-refractivity contribution is -0.119. The molecule has 0 aliphatic heterocycles. The lowest BCUT2D eigenvalue weighted by atomic mass is 10.0. The van der Waals surface area contributed by atoms with Crippen molar-refractivity contribution >= 4 is 19.4 Å². The number of nitrogens with one attached hydrogen (secondary N) is 1. The van der Waals surface area contributed by atoms with Crippen LogP contribution in [0.5, 0.6) is 0 Å². The molecule has 164 valence electrons. The second-order valence-corrected chi connectivity index (χ2v) is 8.80. The van der Waals surface area contributed by atoms with Crippen molar-refractivity contribution in [2.75, 3.05) is 13.2 Å². The third-order valence-corrected chi connectivity index (χ3v) is 6.47. The van der Waals surface area contributed by atoms with Crippen LogP contribution in [-0.2, 0) is 31.0 Å². The van der Waals surface area contributed by atoms with Crippen LogP contribution in [0, 0.1) is 11.3 Å². The number of primary amides is 1. The third kappa shape index (κ3) is 7.34. The van der Waals surface area contributed by atoms with Crippen LogP contribution in [0.4, 0.5) is 0 Å². The van der Waals surface area contributed by atoms with Crippen LogP contribution in [0.1, 0.15) is 40.9 Å². The molecule has 0 aromatic heterocycles. The van der Waals surface area contributed by atoms with Crippen molar-refractivity contribution < 1.29 is 23.2 Å². The summed E-state index contributed by atoms with van der Waals surface area (Å²) in [6, 6.07) is 14.3. The summed E-state index contributed by atoms with van der Waals surface area (Å²) in [4.78, 5) is 24.4. The number of hydrogen-bond donors (Lipinski definition) is 2. The van der Waals surface area contributed by atoms with Crippen molar-refractivity contribution in [1.82, 2.24) is 5.32 Å². The molecule has 1 atom stereocenters. The average molecular weight is 443 g/mol. The first-order chi connectivity index (χ1) is 14.8. The minimum atomic E-state index is -3.24. The van der Waals surface area contributed by atoms with Gasteiger partial charge in [0.2, 0.25) is 5.91 Å². The SMILES string of the molecule is CCOP(=O)(Cc1ccc(C(=O)N[C@@H](Cc2ccc(C#N)cc2)C(N)=O)cc1)OCC. The molecule has 8 nitrogen and oxygen atoms in total. The van der Waals surface area contributed by atoms with Crippen LogP contribution in [-0.4, -0.2) is 31.1 Å². The predicted molar refractivity (Wildman–Crippen MR) is 116 cm³/mol. The monoisotopic (exact) mass is 443 g/mol. The molecule has 2 amide bonds. The van der Waals surface area contributed by atoms with Gasteiger partial charge < -0.3 is 20.1 Å². The molecule has 0 fully saturated rings. The summed E-state index contributed by atoms with van der Waals surface area (Å²) in [5.74, 6) is -1.12. The fourth-order valence-corrected chi connectivity index (χ4v) is 4.62. The molecule has 31 heavy (non-hydrogen) atoms. The maximum Gasteiger partial charge on any atom is 0.335 e. The maximum absolute atomic E-state index is 12.6. The second kappa shape index (κ2) is 11.4. The Hall–Kier alpha value is -2.98. The van der Waals surface area contributed by atoms with E-state index in [1.807, 2.05) is 6.07 Å². The zero-order chi connectivity index (χ0) is 22.9. The molecule has 9 heteroatoms. The minimum Gasteiger partial charge on any atom is -0.368 e. The van der Waals surface area contributed by atoms with Crippen molar-refractivity contribution in [1.29, 1.82) is 5.26 Å². The number of amides is 2. The number of benzene rings is 2. The molecule has 0 saturated heterocycles. The second-order valence-electron chi connectivity index (χ2n) is 6.74. The Morgan fingerprint density at radius 2 is 1.58 bits per heavy atom. The Labute approximate surface area is 181 Å². The van der Waals surface area contributed by atoms with Gasteiger partial charge in [-0.3, -0.25) is 14.2 Å². The van der Waals surface area contributed by atoms with Crippen LogP contribution in [0.3, 0.4) is 0 Å². The van der Waals surface area contributed by atoms with Gasteiger partial charge in [-0.25, -0.2) is 0 Å². The number of nitrogens with zero attached hydrogens (tertiary/aromatic N) is 1. The highest BCUT2D eigenvalue weighted by molar-refractivity contribution is 7.53. The standard InChI is InChI=1S/C22H26N3O5P/c1-3-29-31(28,30-4-2)15-18-9-11-19(12-10-18)22(27)25-20(21(24)26)13-16-5-7-17(14-23)8-6-16/h5-12,20H,3-4,13,15H2,1-2H3,(H2,24,26)(H,25,27)/t20-/m0/s1. The van der Waals surface area contributed by atoms with Gasteiger partial charge in [0.15, 0.2) is 0 Å². The summed E-state index contributed by atoms with van der Waals surface area (Å²) in [6.07, 6.45) is 0.302. The van der Waals surface area contributed by atoms with Crippen LogP contribution in [0.15, 0.2) is 48.5 Å². The van der Waals surface area contributed by atoms with Gasteiger partial charge >= 0.3 is 7.60 Å². The summed E-state index contributed by atoms with van der Waals surface area (Å²) >= 11 is 0. The van der Waals surface area contributed by atoms with Crippen LogP contribution < -0.4 is 11.1 Å². The van der Waals surface area contributed by atoms with Gasteiger partial charge in [0, 0.05) is 12.0 Å². The Balaban J connectivity index is 2.06. The highest BCUT2D eigenvalue weighted by Gasteiger charge is 2.24. The summed E-state index contributed by atoms with van der Waals surface area (Å²) < 4.78 is 23.2. The molecule has 3 N–H and O–H groups in total. The zero-order valence-corrected chi connectivity index (χ0v) is 18.4. The Kier molecular flexibility index (Phi) is 8.95. The Morgan fingerprint density at radius 3 is 2.06 bits per heavy atom. The lowest BCUT2D eigenvalue weighted by Crippen LogP contribution is -2.45. The average Bonchev–Trinajstić information content (AvgIpc) is 2.74. The van der Waals surface area contributed by atoms with Crippen molar-refractivity contribution in [3.63, 3.8) is 0 Å². The predicted octanol–water partition coefficient (Wildman–Crippen LogP) is 3.15. The topological polar surface area (TPSA) is 132 Å². The number of carbonyl (C=O) groups excluding carboxylic acids is 2. The van der Waals surface area contributed by atoms with Crippen LogP contribution >= 0.6 is 7.60 Å². The van der Waals surface area contributed by atoms with E-state index in [4.69, 9.17) is 20.0 Å². The molecular formula is C22H26N3O5P. The van der Waals surface area contributed by atoms with E-state index in [1.54, 1.807) is 62.4 Å². The molecule has 0 aliphatic rings. The van der Waals surface area contributed by atoms with Crippen molar-refractivity contribution in [2.24, 2.45) is 5.73 Å². The van der Waals surface area contributed by atoms with Gasteiger partial charge in [0.1, 0.15) is 6.04 Å². The first-order valence-electron chi connectivity index (χ1n) is 9.86. The maximum atomic E-state index is 12.6. The first-order valence-corrected chi connectivity index (χ1v) is 11.6. The lowest BCUT2D eigenvalue weighted by Gasteiger charge is -2.17. The molecule has 0 heterocycles. The van der Waals surface area contributed by atoms with E-state index >= 15 is 0 Å². The molecule has 2 aromatic rings. The van der Waals surface area contributed by atoms with E-state index < -0.39 is 25.5 Å². The van der Waals surface area contributed by atoms with E-state index in [0.717, 1.165) is 5.56 Å². The molecule has 2 aromatic carbocycles. The molecule has 2 rings (SSSR count). The van der Waals surface area contributed by atoms with Gasteiger partial charge in [-0.2, -0.15) is 5.26 Å². The molecule has 0 unspecified atom stereocenters. The highest BCUT2D eigenvalue weighted by atomic mass is 31.2. The number of hydrogen-bond acceptors (Lipinski definition) is 6. The molecule has 0 radical (unpaired) electrons. The first kappa shape index (κ1) is 24.3. The normalized spacial score (nSPS) is 12.0. The quantitative estimate of drug-likeness (QED) is 0.513. The molecule has 0 saturated carbocycles. The van der Waals surface area contributed by atoms with Gasteiger partial charge in [-0.1, -0.05) is 24.3 Å². The van der Waals surface area contributed by atoms with Crippen molar-refractivity contribution in [2.45, 2.75) is 32.5 Å². The Morgan fingerprint density at radius 1 is 1.03 bits per heavy atom. The van der Waals surface area contributed by atoms with Crippen LogP contribution in [0.25, 0.3) is 0 Å². The van der Waals surface area contributed by atoms with Crippen LogP contribution in [0.2, 0.25) is 0 Å². The molecular weight excluding hydrogens is 417 g/mol. The van der Waals surface area contributed by atoms with Crippen molar-refractivity contribution in [3.8, 4) is 6.07 Å². The van der Waals surface area contributed by atoms with Gasteiger partial charge in [0.05, 0.1) is 31.0 Å².